The number of nitrogens with two attached hydrogens (primary N) is 1. The predicted octanol–water partition coefficient (Wildman–Crippen LogP) is 3.33. The Hall–Kier alpha value is -2.75. The van der Waals surface area contributed by atoms with E-state index in [1.165, 1.54) is 22.3 Å². The molecule has 2 aliphatic rings. The smallest absolute Gasteiger partial charge is 0.409 e. The first-order valence-corrected chi connectivity index (χ1v) is 12.8. The molecule has 2 aromatic rings. The van der Waals surface area contributed by atoms with Crippen LogP contribution in [0.4, 0.5) is 9.59 Å². The molecule has 1 saturated heterocycles. The molecule has 2 atom stereocenters. The van der Waals surface area contributed by atoms with E-state index >= 15 is 0 Å². The molecule has 1 aliphatic carbocycles. The molecule has 1 fully saturated rings. The van der Waals surface area contributed by atoms with Crippen LogP contribution in [0.2, 0.25) is 0 Å². The normalized spacial score (nSPS) is 16.9. The lowest BCUT2D eigenvalue weighted by Crippen LogP contribution is -2.39. The van der Waals surface area contributed by atoms with Crippen molar-refractivity contribution in [2.75, 3.05) is 25.4 Å². The lowest BCUT2D eigenvalue weighted by atomic mass is 10.0. The number of alkyl carbamates (subject to hydrolysis) is 2. The quantitative estimate of drug-likeness (QED) is 0.326. The third kappa shape index (κ3) is 6.65. The highest BCUT2D eigenvalue weighted by Crippen LogP contribution is 2.38. The summed E-state index contributed by atoms with van der Waals surface area (Å²) in [4.78, 5) is 23.9. The second-order valence-electron chi connectivity index (χ2n) is 8.48. The molecule has 182 valence electrons. The van der Waals surface area contributed by atoms with Gasteiger partial charge in [0.2, 0.25) is 5.56 Å². The summed E-state index contributed by atoms with van der Waals surface area (Å²) in [6.07, 6.45) is 2.36. The topological polar surface area (TPSA) is 115 Å². The van der Waals surface area contributed by atoms with Crippen molar-refractivity contribution in [3.8, 4) is 11.1 Å². The maximum atomic E-state index is 12.1. The van der Waals surface area contributed by atoms with Gasteiger partial charge in [0.15, 0.2) is 0 Å². The van der Waals surface area contributed by atoms with Gasteiger partial charge in [-0.05, 0) is 47.1 Å². The van der Waals surface area contributed by atoms with Crippen molar-refractivity contribution in [2.45, 2.75) is 43.9 Å². The average molecular weight is 485 g/mol. The molecule has 2 aromatic carbocycles. The first kappa shape index (κ1) is 24.4. The number of rotatable bonds is 10. The number of unbranched alkanes of at least 4 members (excludes halogenated alkanes) is 1. The molecule has 0 saturated carbocycles. The molecule has 0 radical (unpaired) electrons. The molecule has 1 heterocycles. The molecule has 5 N–H and O–H groups in total. The minimum Gasteiger partial charge on any atom is -0.445 e. The Bertz CT molecular complexity index is 997. The van der Waals surface area contributed by atoms with Crippen molar-refractivity contribution in [1.82, 2.24) is 16.0 Å². The standard InChI is InChI=1S/C25H32N4O4S/c26-19(15-29-24(31)33-25-28-12-13-34-25)8-3-4-11-27-23(30)32-16-18-7-5-10-21-20-9-2-1-6-17(20)14-22(18)21/h1-2,5-7,9-10,19,25,28H,3-4,8,11-16,26H2,(H,27,30)(H,29,31)/t19-,25?/m0/s1. The lowest BCUT2D eigenvalue weighted by Gasteiger charge is -2.15. The van der Waals surface area contributed by atoms with E-state index in [1.807, 2.05) is 12.1 Å². The Labute approximate surface area is 204 Å². The molecule has 0 aromatic heterocycles. The third-order valence-corrected chi connectivity index (χ3v) is 6.99. The lowest BCUT2D eigenvalue weighted by molar-refractivity contribution is 0.125. The highest BCUT2D eigenvalue weighted by molar-refractivity contribution is 8.00. The van der Waals surface area contributed by atoms with Crippen LogP contribution in [0.3, 0.4) is 0 Å². The van der Waals surface area contributed by atoms with Gasteiger partial charge >= 0.3 is 12.2 Å². The number of nitrogens with one attached hydrogen (secondary N) is 3. The van der Waals surface area contributed by atoms with E-state index in [9.17, 15) is 9.59 Å². The summed E-state index contributed by atoms with van der Waals surface area (Å²) in [6, 6.07) is 14.4. The fourth-order valence-corrected chi connectivity index (χ4v) is 5.05. The Balaban J connectivity index is 1.08. The van der Waals surface area contributed by atoms with E-state index in [-0.39, 0.29) is 18.2 Å². The van der Waals surface area contributed by atoms with E-state index in [2.05, 4.69) is 46.3 Å². The van der Waals surface area contributed by atoms with Crippen molar-refractivity contribution in [1.29, 1.82) is 0 Å². The van der Waals surface area contributed by atoms with E-state index in [0.717, 1.165) is 43.5 Å². The van der Waals surface area contributed by atoms with E-state index in [4.69, 9.17) is 15.2 Å². The maximum absolute atomic E-state index is 12.1. The fourth-order valence-electron chi connectivity index (χ4n) is 4.21. The van der Waals surface area contributed by atoms with Gasteiger partial charge in [-0.15, -0.1) is 11.8 Å². The zero-order chi connectivity index (χ0) is 23.8. The van der Waals surface area contributed by atoms with Gasteiger partial charge in [-0.25, -0.2) is 9.59 Å². The Kier molecular flexibility index (Phi) is 8.67. The van der Waals surface area contributed by atoms with E-state index in [0.29, 0.717) is 13.1 Å². The average Bonchev–Trinajstić information content (AvgIpc) is 3.49. The van der Waals surface area contributed by atoms with Crippen LogP contribution >= 0.6 is 11.8 Å². The molecular weight excluding hydrogens is 452 g/mol. The van der Waals surface area contributed by atoms with Crippen LogP contribution in [0.5, 0.6) is 0 Å². The number of amides is 2. The number of hydrogen-bond donors (Lipinski definition) is 4. The number of ether oxygens (including phenoxy) is 2. The van der Waals surface area contributed by atoms with Crippen LogP contribution in [-0.2, 0) is 22.5 Å². The fraction of sp³-hybridized carbons (Fsp3) is 0.440. The monoisotopic (exact) mass is 484 g/mol. The summed E-state index contributed by atoms with van der Waals surface area (Å²) in [5, 5.41) is 8.57. The largest absolute Gasteiger partial charge is 0.445 e. The van der Waals surface area contributed by atoms with E-state index in [1.54, 1.807) is 11.8 Å². The van der Waals surface area contributed by atoms with Gasteiger partial charge in [0.25, 0.3) is 0 Å². The Morgan fingerprint density at radius 2 is 1.94 bits per heavy atom. The number of benzene rings is 2. The number of carbonyl (C=O) groups excluding carboxylic acids is 2. The van der Waals surface area contributed by atoms with Gasteiger partial charge in [-0.3, -0.25) is 5.32 Å². The molecule has 0 spiro atoms. The Morgan fingerprint density at radius 3 is 2.79 bits per heavy atom. The molecule has 1 aliphatic heterocycles. The molecule has 9 heteroatoms. The van der Waals surface area contributed by atoms with Crippen molar-refractivity contribution in [3.05, 3.63) is 59.2 Å². The van der Waals surface area contributed by atoms with Crippen molar-refractivity contribution in [2.24, 2.45) is 5.73 Å². The van der Waals surface area contributed by atoms with Gasteiger partial charge in [0.05, 0.1) is 0 Å². The zero-order valence-corrected chi connectivity index (χ0v) is 20.0. The highest BCUT2D eigenvalue weighted by atomic mass is 32.2. The first-order chi connectivity index (χ1) is 16.6. The van der Waals surface area contributed by atoms with Gasteiger partial charge in [0.1, 0.15) is 6.61 Å². The van der Waals surface area contributed by atoms with Gasteiger partial charge in [-0.2, -0.15) is 0 Å². The number of fused-ring (bicyclic) bond motifs is 3. The SMILES string of the molecule is N[C@@H](CCCCNC(=O)OCc1cccc2c1Cc1ccccc1-2)CNC(=O)OC1NCCS1. The van der Waals surface area contributed by atoms with Crippen LogP contribution in [0.25, 0.3) is 11.1 Å². The summed E-state index contributed by atoms with van der Waals surface area (Å²) in [5.41, 5.74) is 11.9. The van der Waals surface area contributed by atoms with E-state index < -0.39 is 12.2 Å². The molecule has 4 rings (SSSR count). The second-order valence-corrected chi connectivity index (χ2v) is 9.65. The summed E-state index contributed by atoms with van der Waals surface area (Å²) < 4.78 is 10.7. The summed E-state index contributed by atoms with van der Waals surface area (Å²) in [6.45, 7) is 1.97. The number of carbonyl (C=O) groups is 2. The van der Waals surface area contributed by atoms with Crippen LogP contribution < -0.4 is 21.7 Å². The number of thioether (sulfide) groups is 1. The van der Waals surface area contributed by atoms with Crippen LogP contribution in [-0.4, -0.2) is 49.2 Å². The highest BCUT2D eigenvalue weighted by Gasteiger charge is 2.21. The van der Waals surface area contributed by atoms with Crippen molar-refractivity contribution in [3.63, 3.8) is 0 Å². The van der Waals surface area contributed by atoms with Crippen LogP contribution in [0.1, 0.15) is 36.0 Å². The Morgan fingerprint density at radius 1 is 1.09 bits per heavy atom. The summed E-state index contributed by atoms with van der Waals surface area (Å²) in [5.74, 6) is 0.933. The first-order valence-electron chi connectivity index (χ1n) is 11.7. The zero-order valence-electron chi connectivity index (χ0n) is 19.2. The minimum atomic E-state index is -0.459. The molecule has 1 unspecified atom stereocenters. The van der Waals surface area contributed by atoms with Gasteiger partial charge in [0, 0.05) is 31.4 Å². The number of hydrogen-bond acceptors (Lipinski definition) is 7. The van der Waals surface area contributed by atoms with Crippen molar-refractivity contribution < 1.29 is 19.1 Å². The molecular formula is C25H32N4O4S. The van der Waals surface area contributed by atoms with Gasteiger partial charge in [-0.1, -0.05) is 48.9 Å². The molecule has 8 nitrogen and oxygen atoms in total. The summed E-state index contributed by atoms with van der Waals surface area (Å²) in [7, 11) is 0. The second kappa shape index (κ2) is 12.1. The van der Waals surface area contributed by atoms with Gasteiger partial charge < -0.3 is 25.8 Å². The maximum Gasteiger partial charge on any atom is 0.409 e. The van der Waals surface area contributed by atoms with Crippen LogP contribution in [0, 0.1) is 0 Å². The molecule has 0 bridgehead atoms. The molecule has 34 heavy (non-hydrogen) atoms. The minimum absolute atomic E-state index is 0.159. The third-order valence-electron chi connectivity index (χ3n) is 5.98. The van der Waals surface area contributed by atoms with Crippen LogP contribution in [0.15, 0.2) is 42.5 Å². The van der Waals surface area contributed by atoms with Crippen molar-refractivity contribution >= 4 is 23.9 Å². The molecule has 2 amide bonds. The summed E-state index contributed by atoms with van der Waals surface area (Å²) >= 11 is 1.56. The predicted molar refractivity (Wildman–Crippen MR) is 133 cm³/mol.